The van der Waals surface area contributed by atoms with Crippen molar-refractivity contribution in [1.29, 1.82) is 0 Å². The summed E-state index contributed by atoms with van der Waals surface area (Å²) in [6, 6.07) is 12.5. The second-order valence-corrected chi connectivity index (χ2v) is 7.81. The maximum Gasteiger partial charge on any atom is 0.261 e. The number of fused-ring (bicyclic) bond motifs is 1. The Labute approximate surface area is 175 Å². The summed E-state index contributed by atoms with van der Waals surface area (Å²) in [7, 11) is 0. The first kappa shape index (κ1) is 19.3. The Kier molecular flexibility index (Phi) is 5.44. The number of nitrogens with zero attached hydrogens (tertiary/aromatic N) is 3. The van der Waals surface area contributed by atoms with Gasteiger partial charge >= 0.3 is 0 Å². The van der Waals surface area contributed by atoms with Crippen molar-refractivity contribution in [2.24, 2.45) is 0 Å². The van der Waals surface area contributed by atoms with Gasteiger partial charge in [-0.2, -0.15) is 0 Å². The topological polar surface area (TPSA) is 84.3 Å². The third kappa shape index (κ3) is 4.22. The third-order valence-electron chi connectivity index (χ3n) is 4.90. The second kappa shape index (κ2) is 8.16. The zero-order chi connectivity index (χ0) is 20.4. The molecule has 148 valence electrons. The van der Waals surface area contributed by atoms with E-state index in [-0.39, 0.29) is 30.3 Å². The minimum atomic E-state index is -0.198. The van der Waals surface area contributed by atoms with Crippen LogP contribution in [0.5, 0.6) is 0 Å². The molecular formula is C21H19BrN4O3. The van der Waals surface area contributed by atoms with Crippen LogP contribution in [0.2, 0.25) is 0 Å². The van der Waals surface area contributed by atoms with Crippen LogP contribution < -0.4 is 15.8 Å². The standard InChI is InChI=1S/C21H19BrN4O3/c22-14-3-8-18-17(12-14)21(29)25(13-23-18)11-9-19(27)24-15-4-6-16(7-5-15)26-10-1-2-20(26)28/h3-8,12-13H,1-2,9-11H2,(H,24,27). The lowest BCUT2D eigenvalue weighted by Crippen LogP contribution is -2.24. The van der Waals surface area contributed by atoms with Crippen molar-refractivity contribution in [3.8, 4) is 0 Å². The molecule has 0 spiro atoms. The molecule has 3 aromatic rings. The molecule has 0 aliphatic carbocycles. The number of carbonyl (C=O) groups is 2. The smallest absolute Gasteiger partial charge is 0.261 e. The first-order valence-electron chi connectivity index (χ1n) is 9.36. The van der Waals surface area contributed by atoms with Crippen LogP contribution in [0.4, 0.5) is 11.4 Å². The SMILES string of the molecule is O=C(CCn1cnc2ccc(Br)cc2c1=O)Nc1ccc(N2CCCC2=O)cc1. The molecule has 2 aromatic carbocycles. The first-order valence-corrected chi connectivity index (χ1v) is 10.2. The lowest BCUT2D eigenvalue weighted by atomic mass is 10.2. The summed E-state index contributed by atoms with van der Waals surface area (Å²) in [5, 5.41) is 3.33. The van der Waals surface area contributed by atoms with Crippen molar-refractivity contribution >= 4 is 50.0 Å². The molecule has 0 saturated carbocycles. The summed E-state index contributed by atoms with van der Waals surface area (Å²) in [6.45, 7) is 0.968. The molecule has 0 bridgehead atoms. The summed E-state index contributed by atoms with van der Waals surface area (Å²) in [4.78, 5) is 42.7. The number of nitrogens with one attached hydrogen (secondary N) is 1. The molecule has 2 amide bonds. The zero-order valence-corrected chi connectivity index (χ0v) is 17.2. The minimum Gasteiger partial charge on any atom is -0.326 e. The predicted molar refractivity (Wildman–Crippen MR) is 115 cm³/mol. The Hall–Kier alpha value is -3.00. The van der Waals surface area contributed by atoms with Crippen LogP contribution in [0, 0.1) is 0 Å². The normalized spacial score (nSPS) is 13.8. The van der Waals surface area contributed by atoms with Crippen LogP contribution >= 0.6 is 15.9 Å². The predicted octanol–water partition coefficient (Wildman–Crippen LogP) is 3.31. The van der Waals surface area contributed by atoms with Crippen LogP contribution in [0.1, 0.15) is 19.3 Å². The number of halogens is 1. The largest absolute Gasteiger partial charge is 0.326 e. The van der Waals surface area contributed by atoms with Gasteiger partial charge in [-0.15, -0.1) is 0 Å². The fraction of sp³-hybridized carbons (Fsp3) is 0.238. The lowest BCUT2D eigenvalue weighted by Gasteiger charge is -2.16. The van der Waals surface area contributed by atoms with Crippen molar-refractivity contribution < 1.29 is 9.59 Å². The second-order valence-electron chi connectivity index (χ2n) is 6.90. The average molecular weight is 455 g/mol. The van der Waals surface area contributed by atoms with Crippen LogP contribution in [0.25, 0.3) is 10.9 Å². The molecule has 1 N–H and O–H groups in total. The van der Waals surface area contributed by atoms with E-state index in [1.165, 1.54) is 10.9 Å². The lowest BCUT2D eigenvalue weighted by molar-refractivity contribution is -0.117. The van der Waals surface area contributed by atoms with Crippen molar-refractivity contribution in [1.82, 2.24) is 9.55 Å². The monoisotopic (exact) mass is 454 g/mol. The highest BCUT2D eigenvalue weighted by Gasteiger charge is 2.21. The van der Waals surface area contributed by atoms with Crippen LogP contribution in [0.15, 0.2) is 58.1 Å². The van der Waals surface area contributed by atoms with Gasteiger partial charge in [-0.25, -0.2) is 4.98 Å². The Balaban J connectivity index is 1.39. The molecule has 1 aliphatic rings. The average Bonchev–Trinajstić information content (AvgIpc) is 3.14. The highest BCUT2D eigenvalue weighted by molar-refractivity contribution is 9.10. The minimum absolute atomic E-state index is 0.128. The maximum atomic E-state index is 12.6. The van der Waals surface area contributed by atoms with Gasteiger partial charge < -0.3 is 10.2 Å². The van der Waals surface area contributed by atoms with E-state index < -0.39 is 0 Å². The molecule has 0 unspecified atom stereocenters. The van der Waals surface area contributed by atoms with Crippen LogP contribution in [0.3, 0.4) is 0 Å². The molecule has 1 aromatic heterocycles. The van der Waals surface area contributed by atoms with Gasteiger partial charge in [0.1, 0.15) is 0 Å². The summed E-state index contributed by atoms with van der Waals surface area (Å²) in [5.41, 5.74) is 1.93. The highest BCUT2D eigenvalue weighted by Crippen LogP contribution is 2.23. The molecule has 4 rings (SSSR count). The summed E-state index contributed by atoms with van der Waals surface area (Å²) in [5.74, 6) is -0.0699. The van der Waals surface area contributed by atoms with Crippen LogP contribution in [-0.4, -0.2) is 27.9 Å². The van der Waals surface area contributed by atoms with Gasteiger partial charge in [0.2, 0.25) is 11.8 Å². The molecule has 8 heteroatoms. The van der Waals surface area contributed by atoms with Crippen molar-refractivity contribution in [2.45, 2.75) is 25.8 Å². The number of hydrogen-bond donors (Lipinski definition) is 1. The fourth-order valence-electron chi connectivity index (χ4n) is 3.38. The number of benzene rings is 2. The van der Waals surface area contributed by atoms with E-state index in [0.717, 1.165) is 23.1 Å². The van der Waals surface area contributed by atoms with E-state index in [2.05, 4.69) is 26.2 Å². The number of aryl methyl sites for hydroxylation is 1. The number of aromatic nitrogens is 2. The first-order chi connectivity index (χ1) is 14.0. The number of amides is 2. The van der Waals surface area contributed by atoms with Gasteiger partial charge in [-0.1, -0.05) is 15.9 Å². The van der Waals surface area contributed by atoms with E-state index in [0.29, 0.717) is 23.0 Å². The van der Waals surface area contributed by atoms with Gasteiger partial charge in [0.15, 0.2) is 0 Å². The Bertz CT molecular complexity index is 1140. The molecule has 0 atom stereocenters. The molecule has 1 fully saturated rings. The quantitative estimate of drug-likeness (QED) is 0.640. The summed E-state index contributed by atoms with van der Waals surface area (Å²) < 4.78 is 2.25. The number of hydrogen-bond acceptors (Lipinski definition) is 4. The zero-order valence-electron chi connectivity index (χ0n) is 15.6. The van der Waals surface area contributed by atoms with E-state index in [9.17, 15) is 14.4 Å². The van der Waals surface area contributed by atoms with Gasteiger partial charge in [0.05, 0.1) is 17.2 Å². The maximum absolute atomic E-state index is 12.6. The Morgan fingerprint density at radius 3 is 2.66 bits per heavy atom. The van der Waals surface area contributed by atoms with Gasteiger partial charge in [0, 0.05) is 41.8 Å². The van der Waals surface area contributed by atoms with Crippen molar-refractivity contribution in [3.63, 3.8) is 0 Å². The molecular weight excluding hydrogens is 436 g/mol. The van der Waals surface area contributed by atoms with Gasteiger partial charge in [0.25, 0.3) is 5.56 Å². The number of anilines is 2. The molecule has 29 heavy (non-hydrogen) atoms. The third-order valence-corrected chi connectivity index (χ3v) is 5.40. The highest BCUT2D eigenvalue weighted by atomic mass is 79.9. The van der Waals surface area contributed by atoms with Crippen molar-refractivity contribution in [2.75, 3.05) is 16.8 Å². The number of carbonyl (C=O) groups excluding carboxylic acids is 2. The van der Waals surface area contributed by atoms with E-state index in [4.69, 9.17) is 0 Å². The van der Waals surface area contributed by atoms with E-state index >= 15 is 0 Å². The molecule has 0 radical (unpaired) electrons. The van der Waals surface area contributed by atoms with Gasteiger partial charge in [-0.3, -0.25) is 19.0 Å². The Morgan fingerprint density at radius 2 is 1.93 bits per heavy atom. The molecule has 7 nitrogen and oxygen atoms in total. The van der Waals surface area contributed by atoms with E-state index in [1.807, 2.05) is 18.2 Å². The van der Waals surface area contributed by atoms with Gasteiger partial charge in [-0.05, 0) is 48.9 Å². The number of rotatable bonds is 5. The fourth-order valence-corrected chi connectivity index (χ4v) is 3.74. The Morgan fingerprint density at radius 1 is 1.14 bits per heavy atom. The van der Waals surface area contributed by atoms with Crippen molar-refractivity contribution in [3.05, 3.63) is 63.6 Å². The summed E-state index contributed by atoms with van der Waals surface area (Å²) >= 11 is 3.36. The molecule has 2 heterocycles. The summed E-state index contributed by atoms with van der Waals surface area (Å²) in [6.07, 6.45) is 3.07. The van der Waals surface area contributed by atoms with E-state index in [1.54, 1.807) is 29.2 Å². The molecule has 1 aliphatic heterocycles. The molecule has 1 saturated heterocycles. The van der Waals surface area contributed by atoms with Crippen LogP contribution in [-0.2, 0) is 16.1 Å².